The van der Waals surface area contributed by atoms with Crippen LogP contribution in [-0.4, -0.2) is 18.6 Å². The Morgan fingerprint density at radius 2 is 1.91 bits per heavy atom. The molecule has 0 saturated heterocycles. The van der Waals surface area contributed by atoms with Gasteiger partial charge in [0.2, 0.25) is 0 Å². The van der Waals surface area contributed by atoms with E-state index >= 15 is 0 Å². The lowest BCUT2D eigenvalue weighted by atomic mass is 9.86. The van der Waals surface area contributed by atoms with Gasteiger partial charge in [0.15, 0.2) is 0 Å². The van der Waals surface area contributed by atoms with Gasteiger partial charge in [0.05, 0.1) is 6.54 Å². The van der Waals surface area contributed by atoms with Gasteiger partial charge < -0.3 is 10.1 Å². The molecule has 0 saturated carbocycles. The highest BCUT2D eigenvalue weighted by Crippen LogP contribution is 2.33. The molecule has 0 aliphatic carbocycles. The normalized spacial score (nSPS) is 16.6. The minimum absolute atomic E-state index is 0.00730. The molecule has 1 aliphatic rings. The van der Waals surface area contributed by atoms with E-state index in [1.54, 1.807) is 0 Å². The van der Waals surface area contributed by atoms with Gasteiger partial charge in [0.25, 0.3) is 5.91 Å². The van der Waals surface area contributed by atoms with E-state index in [0.717, 1.165) is 12.2 Å². The number of ether oxygens (including phenoxy) is 1. The molecule has 1 N–H and O–H groups in total. The van der Waals surface area contributed by atoms with Crippen molar-refractivity contribution in [2.45, 2.75) is 38.7 Å². The fourth-order valence-corrected chi connectivity index (χ4v) is 2.80. The first-order chi connectivity index (χ1) is 10.9. The Morgan fingerprint density at radius 3 is 2.61 bits per heavy atom. The van der Waals surface area contributed by atoms with Crippen LogP contribution in [0.1, 0.15) is 42.3 Å². The largest absolute Gasteiger partial charge is 0.488 e. The lowest BCUT2D eigenvalue weighted by Gasteiger charge is -2.19. The molecule has 0 aromatic heterocycles. The van der Waals surface area contributed by atoms with Crippen LogP contribution in [0.25, 0.3) is 0 Å². The zero-order valence-corrected chi connectivity index (χ0v) is 13.9. The van der Waals surface area contributed by atoms with E-state index in [1.165, 1.54) is 11.1 Å². The van der Waals surface area contributed by atoms with Gasteiger partial charge in [-0.15, -0.1) is 0 Å². The molecule has 120 valence electrons. The third-order valence-corrected chi connectivity index (χ3v) is 4.19. The summed E-state index contributed by atoms with van der Waals surface area (Å²) in [5, 5.41) is 2.96. The fraction of sp³-hybridized carbons (Fsp3) is 0.350. The van der Waals surface area contributed by atoms with Gasteiger partial charge in [0.1, 0.15) is 11.9 Å². The number of amides is 1. The van der Waals surface area contributed by atoms with Gasteiger partial charge in [-0.3, -0.25) is 4.79 Å². The van der Waals surface area contributed by atoms with E-state index < -0.39 is 0 Å². The van der Waals surface area contributed by atoms with Gasteiger partial charge in [-0.2, -0.15) is 0 Å². The van der Waals surface area contributed by atoms with Crippen LogP contribution in [0, 0.1) is 0 Å². The number of carbonyl (C=O) groups is 1. The first-order valence-electron chi connectivity index (χ1n) is 8.07. The summed E-state index contributed by atoms with van der Waals surface area (Å²) in [5.74, 6) is 0.887. The molecule has 3 rings (SSSR count). The van der Waals surface area contributed by atoms with Crippen molar-refractivity contribution in [2.24, 2.45) is 0 Å². The fourth-order valence-electron chi connectivity index (χ4n) is 2.80. The molecular weight excluding hydrogens is 286 g/mol. The summed E-state index contributed by atoms with van der Waals surface area (Å²) in [6.07, 6.45) is 0.849. The molecule has 3 heteroatoms. The standard InChI is InChI=1S/C20H23NO2/c1-20(2,3)16-9-10-18-15(11-16)12-17(23-18)13-21-19(22)14-7-5-4-6-8-14/h4-11,17H,12-13H2,1-3H3,(H,21,22)/t17-/m1/s1. The van der Waals surface area contributed by atoms with Crippen LogP contribution in [-0.2, 0) is 11.8 Å². The summed E-state index contributed by atoms with van der Waals surface area (Å²) in [6, 6.07) is 15.7. The summed E-state index contributed by atoms with van der Waals surface area (Å²) >= 11 is 0. The molecule has 0 bridgehead atoms. The molecule has 0 radical (unpaired) electrons. The van der Waals surface area contributed by atoms with E-state index in [0.29, 0.717) is 12.1 Å². The average Bonchev–Trinajstić information content (AvgIpc) is 2.94. The number of carbonyl (C=O) groups excluding carboxylic acids is 1. The molecule has 2 aromatic carbocycles. The highest BCUT2D eigenvalue weighted by Gasteiger charge is 2.25. The van der Waals surface area contributed by atoms with Crippen molar-refractivity contribution in [3.63, 3.8) is 0 Å². The Hall–Kier alpha value is -2.29. The Bertz CT molecular complexity index is 701. The van der Waals surface area contributed by atoms with Crippen molar-refractivity contribution in [3.05, 3.63) is 65.2 Å². The maximum absolute atomic E-state index is 12.1. The molecule has 23 heavy (non-hydrogen) atoms. The van der Waals surface area contributed by atoms with E-state index in [-0.39, 0.29) is 17.4 Å². The predicted octanol–water partition coefficient (Wildman–Crippen LogP) is 3.72. The summed E-state index contributed by atoms with van der Waals surface area (Å²) in [6.45, 7) is 7.15. The quantitative estimate of drug-likeness (QED) is 0.938. The maximum Gasteiger partial charge on any atom is 0.251 e. The number of hydrogen-bond acceptors (Lipinski definition) is 2. The van der Waals surface area contributed by atoms with Crippen LogP contribution in [0.4, 0.5) is 0 Å². The van der Waals surface area contributed by atoms with Gasteiger partial charge in [0, 0.05) is 12.0 Å². The number of fused-ring (bicyclic) bond motifs is 1. The number of nitrogens with one attached hydrogen (secondary N) is 1. The number of hydrogen-bond donors (Lipinski definition) is 1. The molecule has 0 spiro atoms. The molecule has 3 nitrogen and oxygen atoms in total. The van der Waals surface area contributed by atoms with Crippen molar-refractivity contribution < 1.29 is 9.53 Å². The average molecular weight is 309 g/mol. The monoisotopic (exact) mass is 309 g/mol. The second-order valence-electron chi connectivity index (χ2n) is 7.09. The summed E-state index contributed by atoms with van der Waals surface area (Å²) in [5.41, 5.74) is 3.36. The van der Waals surface area contributed by atoms with Crippen molar-refractivity contribution in [1.29, 1.82) is 0 Å². The summed E-state index contributed by atoms with van der Waals surface area (Å²) < 4.78 is 5.95. The lowest BCUT2D eigenvalue weighted by molar-refractivity contribution is 0.0933. The van der Waals surface area contributed by atoms with Gasteiger partial charge >= 0.3 is 0 Å². The highest BCUT2D eigenvalue weighted by molar-refractivity contribution is 5.94. The van der Waals surface area contributed by atoms with E-state index in [9.17, 15) is 4.79 Å². The topological polar surface area (TPSA) is 38.3 Å². The molecule has 2 aromatic rings. The van der Waals surface area contributed by atoms with Crippen LogP contribution in [0.5, 0.6) is 5.75 Å². The zero-order valence-electron chi connectivity index (χ0n) is 13.9. The zero-order chi connectivity index (χ0) is 16.4. The van der Waals surface area contributed by atoms with Crippen LogP contribution in [0.15, 0.2) is 48.5 Å². The Kier molecular flexibility index (Phi) is 4.12. The second-order valence-corrected chi connectivity index (χ2v) is 7.09. The molecule has 0 unspecified atom stereocenters. The SMILES string of the molecule is CC(C)(C)c1ccc2c(c1)C[C@H](CNC(=O)c1ccccc1)O2. The minimum Gasteiger partial charge on any atom is -0.488 e. The molecular formula is C20H23NO2. The van der Waals surface area contributed by atoms with Crippen molar-refractivity contribution in [3.8, 4) is 5.75 Å². The van der Waals surface area contributed by atoms with Crippen molar-refractivity contribution in [1.82, 2.24) is 5.32 Å². The predicted molar refractivity (Wildman–Crippen MR) is 92.0 cm³/mol. The summed E-state index contributed by atoms with van der Waals surface area (Å²) in [4.78, 5) is 12.1. The van der Waals surface area contributed by atoms with E-state index in [4.69, 9.17) is 4.74 Å². The Labute approximate surface area is 137 Å². The second kappa shape index (κ2) is 6.07. The van der Waals surface area contributed by atoms with E-state index in [1.807, 2.05) is 30.3 Å². The smallest absolute Gasteiger partial charge is 0.251 e. The first-order valence-corrected chi connectivity index (χ1v) is 8.07. The Morgan fingerprint density at radius 1 is 1.17 bits per heavy atom. The van der Waals surface area contributed by atoms with Crippen LogP contribution in [0.2, 0.25) is 0 Å². The van der Waals surface area contributed by atoms with Crippen molar-refractivity contribution >= 4 is 5.91 Å². The van der Waals surface area contributed by atoms with Crippen LogP contribution >= 0.6 is 0 Å². The lowest BCUT2D eigenvalue weighted by Crippen LogP contribution is -2.34. The first kappa shape index (κ1) is 15.6. The van der Waals surface area contributed by atoms with Crippen LogP contribution in [0.3, 0.4) is 0 Å². The van der Waals surface area contributed by atoms with Crippen LogP contribution < -0.4 is 10.1 Å². The molecule has 1 atom stereocenters. The number of rotatable bonds is 3. The maximum atomic E-state index is 12.1. The number of benzene rings is 2. The third kappa shape index (κ3) is 3.55. The highest BCUT2D eigenvalue weighted by atomic mass is 16.5. The molecule has 1 amide bonds. The van der Waals surface area contributed by atoms with Gasteiger partial charge in [-0.25, -0.2) is 0 Å². The van der Waals surface area contributed by atoms with Crippen molar-refractivity contribution in [2.75, 3.05) is 6.54 Å². The van der Waals surface area contributed by atoms with Gasteiger partial charge in [-0.1, -0.05) is 51.1 Å². The molecule has 1 aliphatic heterocycles. The Balaban J connectivity index is 1.61. The minimum atomic E-state index is -0.0551. The molecule has 1 heterocycles. The third-order valence-electron chi connectivity index (χ3n) is 4.19. The van der Waals surface area contributed by atoms with E-state index in [2.05, 4.69) is 44.3 Å². The summed E-state index contributed by atoms with van der Waals surface area (Å²) in [7, 11) is 0. The molecule has 0 fully saturated rings. The van der Waals surface area contributed by atoms with Gasteiger partial charge in [-0.05, 0) is 34.7 Å².